The summed E-state index contributed by atoms with van der Waals surface area (Å²) >= 11 is 0. The third-order valence-corrected chi connectivity index (χ3v) is 5.09. The molecule has 1 aliphatic rings. The first-order chi connectivity index (χ1) is 12.5. The van der Waals surface area contributed by atoms with Crippen LogP contribution in [0.1, 0.15) is 64.5 Å². The number of nitrogens with zero attached hydrogens (tertiary/aromatic N) is 1. The van der Waals surface area contributed by atoms with E-state index in [4.69, 9.17) is 4.74 Å². The summed E-state index contributed by atoms with van der Waals surface area (Å²) < 4.78 is 5.24. The maximum Gasteiger partial charge on any atom is 0.226 e. The van der Waals surface area contributed by atoms with Gasteiger partial charge in [-0.25, -0.2) is 0 Å². The normalized spacial score (nSPS) is 20.9. The molecule has 0 aliphatic carbocycles. The second-order valence-corrected chi connectivity index (χ2v) is 7.17. The number of carbonyl (C=O) groups excluding carboxylic acids is 2. The van der Waals surface area contributed by atoms with Gasteiger partial charge in [-0.2, -0.15) is 0 Å². The second-order valence-electron chi connectivity index (χ2n) is 7.17. The molecule has 0 radical (unpaired) electrons. The van der Waals surface area contributed by atoms with Crippen LogP contribution < -0.4 is 10.1 Å². The zero-order valence-electron chi connectivity index (χ0n) is 16.5. The Morgan fingerprint density at radius 1 is 1.27 bits per heavy atom. The number of hydrogen-bond acceptors (Lipinski definition) is 3. The molecule has 0 saturated carbocycles. The van der Waals surface area contributed by atoms with Gasteiger partial charge in [-0.15, -0.1) is 0 Å². The number of methoxy groups -OCH3 is 1. The van der Waals surface area contributed by atoms with E-state index in [-0.39, 0.29) is 36.2 Å². The van der Waals surface area contributed by atoms with Gasteiger partial charge < -0.3 is 15.0 Å². The fourth-order valence-electron chi connectivity index (χ4n) is 3.69. The fourth-order valence-corrected chi connectivity index (χ4v) is 3.69. The van der Waals surface area contributed by atoms with Gasteiger partial charge in [-0.05, 0) is 37.5 Å². The van der Waals surface area contributed by atoms with Gasteiger partial charge in [0.1, 0.15) is 5.75 Å². The van der Waals surface area contributed by atoms with Crippen LogP contribution in [0.2, 0.25) is 0 Å². The van der Waals surface area contributed by atoms with Crippen molar-refractivity contribution in [3.63, 3.8) is 0 Å². The molecule has 3 unspecified atom stereocenters. The van der Waals surface area contributed by atoms with Gasteiger partial charge in [0.2, 0.25) is 11.8 Å². The Hall–Kier alpha value is -2.04. The van der Waals surface area contributed by atoms with Crippen molar-refractivity contribution in [1.82, 2.24) is 10.2 Å². The minimum absolute atomic E-state index is 0.0147. The molecule has 1 aromatic carbocycles. The van der Waals surface area contributed by atoms with Gasteiger partial charge >= 0.3 is 0 Å². The zero-order valence-corrected chi connectivity index (χ0v) is 16.5. The van der Waals surface area contributed by atoms with Gasteiger partial charge in [-0.3, -0.25) is 9.59 Å². The lowest BCUT2D eigenvalue weighted by Crippen LogP contribution is -2.40. The largest absolute Gasteiger partial charge is 0.497 e. The van der Waals surface area contributed by atoms with Crippen LogP contribution in [0.25, 0.3) is 0 Å². The van der Waals surface area contributed by atoms with Crippen molar-refractivity contribution in [3.8, 4) is 5.75 Å². The number of benzene rings is 1. The number of nitrogens with one attached hydrogen (secondary N) is 1. The van der Waals surface area contributed by atoms with Crippen molar-refractivity contribution >= 4 is 11.8 Å². The average Bonchev–Trinajstić information content (AvgIpc) is 2.96. The first-order valence-corrected chi connectivity index (χ1v) is 9.75. The summed E-state index contributed by atoms with van der Waals surface area (Å²) in [7, 11) is 1.63. The van der Waals surface area contributed by atoms with Crippen molar-refractivity contribution in [3.05, 3.63) is 29.8 Å². The molecule has 1 fully saturated rings. The van der Waals surface area contributed by atoms with E-state index in [9.17, 15) is 9.59 Å². The highest BCUT2D eigenvalue weighted by molar-refractivity contribution is 5.90. The average molecular weight is 360 g/mol. The molecule has 1 heterocycles. The summed E-state index contributed by atoms with van der Waals surface area (Å²) in [5, 5.41) is 3.10. The molecule has 144 valence electrons. The summed E-state index contributed by atoms with van der Waals surface area (Å²) in [6.07, 6.45) is 4.21. The van der Waals surface area contributed by atoms with E-state index in [1.54, 1.807) is 7.11 Å². The molecule has 1 saturated heterocycles. The van der Waals surface area contributed by atoms with Crippen LogP contribution in [0.15, 0.2) is 24.3 Å². The molecule has 0 spiro atoms. The molecule has 5 heteroatoms. The van der Waals surface area contributed by atoms with Crippen molar-refractivity contribution in [2.45, 2.75) is 65.0 Å². The molecule has 0 bridgehead atoms. The summed E-state index contributed by atoms with van der Waals surface area (Å²) in [4.78, 5) is 27.4. The van der Waals surface area contributed by atoms with E-state index in [0.717, 1.165) is 37.0 Å². The lowest BCUT2D eigenvalue weighted by atomic mass is 9.92. The molecular weight excluding hydrogens is 328 g/mol. The van der Waals surface area contributed by atoms with E-state index in [0.29, 0.717) is 6.54 Å². The van der Waals surface area contributed by atoms with Gasteiger partial charge in [0.05, 0.1) is 19.1 Å². The SMILES string of the molecule is CCCCN1C(=O)CC(C(=O)NC(C)CCC)C1c1ccc(OC)cc1. The zero-order chi connectivity index (χ0) is 19.1. The standard InChI is InChI=1S/C21H32N2O3/c1-5-7-13-23-19(24)14-18(21(25)22-15(3)8-6-2)20(23)16-9-11-17(26-4)12-10-16/h9-12,15,18,20H,5-8,13-14H2,1-4H3,(H,22,25). The molecule has 5 nitrogen and oxygen atoms in total. The van der Waals surface area contributed by atoms with E-state index in [1.807, 2.05) is 36.1 Å². The van der Waals surface area contributed by atoms with Crippen LogP contribution in [-0.4, -0.2) is 36.4 Å². The van der Waals surface area contributed by atoms with E-state index in [2.05, 4.69) is 19.2 Å². The quantitative estimate of drug-likeness (QED) is 0.731. The molecule has 1 aliphatic heterocycles. The molecule has 2 amide bonds. The Bertz CT molecular complexity index is 600. The monoisotopic (exact) mass is 360 g/mol. The third kappa shape index (κ3) is 4.77. The Kier molecular flexibility index (Phi) is 7.49. The molecule has 1 N–H and O–H groups in total. The number of unbranched alkanes of at least 4 members (excludes halogenated alkanes) is 1. The lowest BCUT2D eigenvalue weighted by molar-refractivity contribution is -0.129. The van der Waals surface area contributed by atoms with Crippen LogP contribution >= 0.6 is 0 Å². The smallest absolute Gasteiger partial charge is 0.226 e. The van der Waals surface area contributed by atoms with Crippen LogP contribution in [0, 0.1) is 5.92 Å². The van der Waals surface area contributed by atoms with Crippen LogP contribution in [-0.2, 0) is 9.59 Å². The Morgan fingerprint density at radius 3 is 2.54 bits per heavy atom. The highest BCUT2D eigenvalue weighted by atomic mass is 16.5. The second kappa shape index (κ2) is 9.60. The van der Waals surface area contributed by atoms with Crippen molar-refractivity contribution in [2.75, 3.05) is 13.7 Å². The number of rotatable bonds is 9. The highest BCUT2D eigenvalue weighted by Crippen LogP contribution is 2.39. The molecule has 2 rings (SSSR count). The summed E-state index contributed by atoms with van der Waals surface area (Å²) in [5.41, 5.74) is 0.996. The first kappa shape index (κ1) is 20.3. The highest BCUT2D eigenvalue weighted by Gasteiger charge is 2.44. The van der Waals surface area contributed by atoms with Gasteiger partial charge in [-0.1, -0.05) is 38.8 Å². The third-order valence-electron chi connectivity index (χ3n) is 5.09. The number of hydrogen-bond donors (Lipinski definition) is 1. The predicted octanol–water partition coefficient (Wildman–Crippen LogP) is 3.69. The van der Waals surface area contributed by atoms with E-state index >= 15 is 0 Å². The number of likely N-dealkylation sites (tertiary alicyclic amines) is 1. The van der Waals surface area contributed by atoms with Crippen molar-refractivity contribution in [1.29, 1.82) is 0 Å². The number of amides is 2. The van der Waals surface area contributed by atoms with Crippen LogP contribution in [0.5, 0.6) is 5.75 Å². The summed E-state index contributed by atoms with van der Waals surface area (Å²) in [5.74, 6) is 0.490. The van der Waals surface area contributed by atoms with Crippen LogP contribution in [0.3, 0.4) is 0 Å². The topological polar surface area (TPSA) is 58.6 Å². The van der Waals surface area contributed by atoms with Crippen molar-refractivity contribution in [2.24, 2.45) is 5.92 Å². The molecule has 3 atom stereocenters. The maximum atomic E-state index is 12.9. The lowest BCUT2D eigenvalue weighted by Gasteiger charge is -2.29. The van der Waals surface area contributed by atoms with Gasteiger partial charge in [0, 0.05) is 19.0 Å². The number of carbonyl (C=O) groups is 2. The molecule has 1 aromatic rings. The molecule has 0 aromatic heterocycles. The Balaban J connectivity index is 2.26. The van der Waals surface area contributed by atoms with Gasteiger partial charge in [0.25, 0.3) is 0 Å². The maximum absolute atomic E-state index is 12.9. The Labute approximate surface area is 157 Å². The van der Waals surface area contributed by atoms with E-state index in [1.165, 1.54) is 0 Å². The van der Waals surface area contributed by atoms with Crippen LogP contribution in [0.4, 0.5) is 0 Å². The minimum atomic E-state index is -0.341. The van der Waals surface area contributed by atoms with E-state index < -0.39 is 0 Å². The van der Waals surface area contributed by atoms with Crippen molar-refractivity contribution < 1.29 is 14.3 Å². The summed E-state index contributed by atoms with van der Waals surface area (Å²) in [6, 6.07) is 7.65. The summed E-state index contributed by atoms with van der Waals surface area (Å²) in [6.45, 7) is 6.93. The molecular formula is C21H32N2O3. The predicted molar refractivity (Wildman–Crippen MR) is 103 cm³/mol. The minimum Gasteiger partial charge on any atom is -0.497 e. The number of ether oxygens (including phenoxy) is 1. The molecule has 26 heavy (non-hydrogen) atoms. The Morgan fingerprint density at radius 2 is 1.96 bits per heavy atom. The fraction of sp³-hybridized carbons (Fsp3) is 0.619. The first-order valence-electron chi connectivity index (χ1n) is 9.75. The van der Waals surface area contributed by atoms with Gasteiger partial charge in [0.15, 0.2) is 0 Å².